The lowest BCUT2D eigenvalue weighted by molar-refractivity contribution is 0.0989. The lowest BCUT2D eigenvalue weighted by atomic mass is 9.91. The molecule has 0 fully saturated rings. The van der Waals surface area contributed by atoms with E-state index in [1.165, 1.54) is 32.6 Å². The first-order valence-corrected chi connectivity index (χ1v) is 7.85. The van der Waals surface area contributed by atoms with Gasteiger partial charge in [0.2, 0.25) is 0 Å². The largest absolute Gasteiger partial charge is 0.496 e. The molecule has 0 unspecified atom stereocenters. The number of carbonyl (C=O) groups is 2. The van der Waals surface area contributed by atoms with Crippen LogP contribution >= 0.6 is 0 Å². The van der Waals surface area contributed by atoms with Crippen LogP contribution in [0.1, 0.15) is 52.5 Å². The van der Waals surface area contributed by atoms with E-state index in [0.717, 1.165) is 19.3 Å². The fourth-order valence-electron chi connectivity index (χ4n) is 2.50. The molecule has 0 spiro atoms. The van der Waals surface area contributed by atoms with Gasteiger partial charge >= 0.3 is 0 Å². The smallest absolute Gasteiger partial charge is 0.190 e. The minimum Gasteiger partial charge on any atom is -0.496 e. The van der Waals surface area contributed by atoms with Crippen molar-refractivity contribution in [1.29, 1.82) is 0 Å². The van der Waals surface area contributed by atoms with Crippen LogP contribution in [0.2, 0.25) is 0 Å². The first-order valence-electron chi connectivity index (χ1n) is 7.85. The van der Waals surface area contributed by atoms with E-state index in [4.69, 9.17) is 14.3 Å². The van der Waals surface area contributed by atoms with Crippen molar-refractivity contribution in [2.45, 2.75) is 26.2 Å². The van der Waals surface area contributed by atoms with Crippen molar-refractivity contribution in [3.63, 3.8) is 0 Å². The van der Waals surface area contributed by atoms with Crippen LogP contribution in [-0.2, 0) is 4.84 Å². The SMILES string of the molecule is CCCCCO/N=C/c1cc(OC)c2c(c1OC)C(=O)C=CC2=O. The number of ether oxygens (including phenoxy) is 2. The Morgan fingerprint density at radius 1 is 1.04 bits per heavy atom. The predicted octanol–water partition coefficient (Wildman–Crippen LogP) is 3.18. The Balaban J connectivity index is 2.36. The van der Waals surface area contributed by atoms with E-state index in [0.29, 0.717) is 17.9 Å². The molecular weight excluding hydrogens is 310 g/mol. The average molecular weight is 331 g/mol. The topological polar surface area (TPSA) is 74.2 Å². The molecule has 0 N–H and O–H groups in total. The molecule has 0 saturated heterocycles. The van der Waals surface area contributed by atoms with Gasteiger partial charge in [0.15, 0.2) is 11.6 Å². The summed E-state index contributed by atoms with van der Waals surface area (Å²) in [6.07, 6.45) is 7.03. The molecule has 6 nitrogen and oxygen atoms in total. The number of fused-ring (bicyclic) bond motifs is 1. The molecule has 0 aliphatic heterocycles. The number of nitrogens with zero attached hydrogens (tertiary/aromatic N) is 1. The molecule has 1 aromatic carbocycles. The molecule has 1 aromatic rings. The number of hydrogen-bond donors (Lipinski definition) is 0. The minimum absolute atomic E-state index is 0.191. The third kappa shape index (κ3) is 3.64. The molecule has 0 heterocycles. The molecule has 6 heteroatoms. The van der Waals surface area contributed by atoms with Crippen LogP contribution < -0.4 is 9.47 Å². The molecule has 0 amide bonds. The van der Waals surface area contributed by atoms with E-state index < -0.39 is 0 Å². The fourth-order valence-corrected chi connectivity index (χ4v) is 2.50. The van der Waals surface area contributed by atoms with Gasteiger partial charge in [-0.3, -0.25) is 9.59 Å². The Kier molecular flexibility index (Phi) is 6.12. The van der Waals surface area contributed by atoms with E-state index in [9.17, 15) is 9.59 Å². The van der Waals surface area contributed by atoms with E-state index >= 15 is 0 Å². The normalized spacial score (nSPS) is 13.3. The Hall–Kier alpha value is -2.63. The van der Waals surface area contributed by atoms with Crippen molar-refractivity contribution in [3.8, 4) is 11.5 Å². The monoisotopic (exact) mass is 331 g/mol. The highest BCUT2D eigenvalue weighted by molar-refractivity contribution is 6.25. The van der Waals surface area contributed by atoms with Crippen molar-refractivity contribution >= 4 is 17.8 Å². The summed E-state index contributed by atoms with van der Waals surface area (Å²) in [5.74, 6) is -0.00624. The molecule has 0 bridgehead atoms. The standard InChI is InChI=1S/C18H21NO5/c1-4-5-6-9-24-19-11-12-10-15(22-2)16-13(20)7-8-14(21)17(16)18(12)23-3/h7-8,10-11H,4-6,9H2,1-3H3/b19-11+. The first kappa shape index (κ1) is 17.7. The van der Waals surface area contributed by atoms with Crippen LogP contribution in [0.5, 0.6) is 11.5 Å². The van der Waals surface area contributed by atoms with Gasteiger partial charge in [-0.1, -0.05) is 24.9 Å². The van der Waals surface area contributed by atoms with Gasteiger partial charge in [0.25, 0.3) is 0 Å². The van der Waals surface area contributed by atoms with E-state index in [1.54, 1.807) is 6.07 Å². The van der Waals surface area contributed by atoms with Crippen LogP contribution in [0.3, 0.4) is 0 Å². The van der Waals surface area contributed by atoms with Crippen LogP contribution in [0.25, 0.3) is 0 Å². The first-order chi connectivity index (χ1) is 11.6. The van der Waals surface area contributed by atoms with Crippen LogP contribution in [0.4, 0.5) is 0 Å². The zero-order valence-electron chi connectivity index (χ0n) is 14.1. The molecule has 0 radical (unpaired) electrons. The van der Waals surface area contributed by atoms with Crippen molar-refractivity contribution in [3.05, 3.63) is 34.9 Å². The number of benzene rings is 1. The van der Waals surface area contributed by atoms with Crippen LogP contribution in [0, 0.1) is 0 Å². The maximum atomic E-state index is 12.2. The Bertz CT molecular complexity index is 691. The molecule has 1 aliphatic rings. The summed E-state index contributed by atoms with van der Waals surface area (Å²) >= 11 is 0. The van der Waals surface area contributed by atoms with Crippen molar-refractivity contribution < 1.29 is 23.9 Å². The molecule has 0 aromatic heterocycles. The van der Waals surface area contributed by atoms with Crippen LogP contribution in [-0.4, -0.2) is 38.6 Å². The number of methoxy groups -OCH3 is 2. The van der Waals surface area contributed by atoms with E-state index in [2.05, 4.69) is 12.1 Å². The molecule has 1 aliphatic carbocycles. The zero-order valence-corrected chi connectivity index (χ0v) is 14.1. The highest BCUT2D eigenvalue weighted by atomic mass is 16.6. The molecule has 0 saturated carbocycles. The van der Waals surface area contributed by atoms with Gasteiger partial charge < -0.3 is 14.3 Å². The predicted molar refractivity (Wildman–Crippen MR) is 90.4 cm³/mol. The molecule has 24 heavy (non-hydrogen) atoms. The number of rotatable bonds is 8. The molecular formula is C18H21NO5. The van der Waals surface area contributed by atoms with E-state index in [-0.39, 0.29) is 28.4 Å². The number of hydrogen-bond acceptors (Lipinski definition) is 6. The number of carbonyl (C=O) groups excluding carboxylic acids is 2. The van der Waals surface area contributed by atoms with Gasteiger partial charge in [0.05, 0.1) is 31.6 Å². The van der Waals surface area contributed by atoms with Gasteiger partial charge in [-0.25, -0.2) is 0 Å². The van der Waals surface area contributed by atoms with Gasteiger partial charge in [-0.05, 0) is 24.6 Å². The van der Waals surface area contributed by atoms with Gasteiger partial charge in [0, 0.05) is 5.56 Å². The third-order valence-electron chi connectivity index (χ3n) is 3.68. The number of oxime groups is 1. The quantitative estimate of drug-likeness (QED) is 0.415. The van der Waals surface area contributed by atoms with Gasteiger partial charge in [0.1, 0.15) is 18.1 Å². The summed E-state index contributed by atoms with van der Waals surface area (Å²) < 4.78 is 10.6. The van der Waals surface area contributed by atoms with Crippen molar-refractivity contribution in [2.75, 3.05) is 20.8 Å². The summed E-state index contributed by atoms with van der Waals surface area (Å²) in [6.45, 7) is 2.63. The fraction of sp³-hybridized carbons (Fsp3) is 0.389. The highest BCUT2D eigenvalue weighted by Gasteiger charge is 2.29. The van der Waals surface area contributed by atoms with Gasteiger partial charge in [-0.15, -0.1) is 0 Å². The lowest BCUT2D eigenvalue weighted by Gasteiger charge is -2.18. The number of ketones is 2. The highest BCUT2D eigenvalue weighted by Crippen LogP contribution is 2.36. The zero-order chi connectivity index (χ0) is 17.5. The van der Waals surface area contributed by atoms with Crippen molar-refractivity contribution in [2.24, 2.45) is 5.16 Å². The summed E-state index contributed by atoms with van der Waals surface area (Å²) in [4.78, 5) is 29.6. The van der Waals surface area contributed by atoms with E-state index in [1.807, 2.05) is 0 Å². The average Bonchev–Trinajstić information content (AvgIpc) is 2.60. The maximum absolute atomic E-state index is 12.2. The third-order valence-corrected chi connectivity index (χ3v) is 3.68. The number of unbranched alkanes of at least 4 members (excludes halogenated alkanes) is 2. The second-order valence-electron chi connectivity index (χ2n) is 5.29. The summed E-state index contributed by atoms with van der Waals surface area (Å²) in [6, 6.07) is 1.61. The van der Waals surface area contributed by atoms with Crippen LogP contribution in [0.15, 0.2) is 23.4 Å². The second-order valence-corrected chi connectivity index (χ2v) is 5.29. The summed E-state index contributed by atoms with van der Waals surface area (Å²) in [5.41, 5.74) is 0.916. The molecule has 128 valence electrons. The van der Waals surface area contributed by atoms with Gasteiger partial charge in [-0.2, -0.15) is 0 Å². The molecule has 0 atom stereocenters. The maximum Gasteiger partial charge on any atom is 0.190 e. The molecule has 2 rings (SSSR count). The summed E-state index contributed by atoms with van der Waals surface area (Å²) in [5, 5.41) is 3.92. The Labute approximate surface area is 141 Å². The second kappa shape index (κ2) is 8.29. The Morgan fingerprint density at radius 2 is 1.75 bits per heavy atom. The lowest BCUT2D eigenvalue weighted by Crippen LogP contribution is -2.16. The minimum atomic E-state index is -0.307. The Morgan fingerprint density at radius 3 is 2.38 bits per heavy atom. The summed E-state index contributed by atoms with van der Waals surface area (Å²) in [7, 11) is 2.89. The number of allylic oxidation sites excluding steroid dienone is 2. The van der Waals surface area contributed by atoms with Crippen molar-refractivity contribution in [1.82, 2.24) is 0 Å².